The molecule has 5 rings (SSSR count). The minimum Gasteiger partial charge on any atom is -0.348 e. The molecule has 1 saturated carbocycles. The number of hydrogen-bond acceptors (Lipinski definition) is 2. The summed E-state index contributed by atoms with van der Waals surface area (Å²) >= 11 is 0. The van der Waals surface area contributed by atoms with Gasteiger partial charge in [0.2, 0.25) is 0 Å². The van der Waals surface area contributed by atoms with E-state index in [9.17, 15) is 13.2 Å². The van der Waals surface area contributed by atoms with Crippen LogP contribution in [0, 0.1) is 46.8 Å². The van der Waals surface area contributed by atoms with E-state index in [2.05, 4.69) is 6.92 Å². The molecule has 1 unspecified atom stereocenters. The number of benzene rings is 2. The van der Waals surface area contributed by atoms with Gasteiger partial charge in [0, 0.05) is 17.0 Å². The Hall–Kier alpha value is -2.25. The molecule has 2 nitrogen and oxygen atoms in total. The molecule has 0 radical (unpaired) electrons. The van der Waals surface area contributed by atoms with E-state index in [0.29, 0.717) is 61.0 Å². The molecular weight excluding hydrogens is 475 g/mol. The van der Waals surface area contributed by atoms with Crippen molar-refractivity contribution in [3.05, 3.63) is 76.1 Å². The fourth-order valence-electron chi connectivity index (χ4n) is 5.95. The first kappa shape index (κ1) is 25.4. The first-order valence-electron chi connectivity index (χ1n) is 12.9. The lowest BCUT2D eigenvalue weighted by atomic mass is 9.76. The van der Waals surface area contributed by atoms with Gasteiger partial charge in [-0.3, -0.25) is 0 Å². The highest BCUT2D eigenvalue weighted by Gasteiger charge is 2.32. The number of hydrogen-bond donors (Lipinski definition) is 0. The van der Waals surface area contributed by atoms with E-state index >= 15 is 8.78 Å². The van der Waals surface area contributed by atoms with Crippen LogP contribution in [0.1, 0.15) is 80.8 Å². The minimum atomic E-state index is -1.50. The van der Waals surface area contributed by atoms with Crippen molar-refractivity contribution in [3.63, 3.8) is 0 Å². The molecule has 0 amide bonds. The van der Waals surface area contributed by atoms with Gasteiger partial charge in [-0.25, -0.2) is 22.0 Å². The molecule has 1 aliphatic heterocycles. The molecule has 2 aromatic rings. The molecule has 194 valence electrons. The molecule has 2 fully saturated rings. The average molecular weight is 507 g/mol. The predicted octanol–water partition coefficient (Wildman–Crippen LogP) is 8.22. The number of halogens is 5. The van der Waals surface area contributed by atoms with Crippen LogP contribution in [0.4, 0.5) is 22.0 Å². The summed E-state index contributed by atoms with van der Waals surface area (Å²) in [6.07, 6.45) is 6.78. The van der Waals surface area contributed by atoms with Gasteiger partial charge in [0.25, 0.3) is 0 Å². The average Bonchev–Trinajstić information content (AvgIpc) is 2.87. The lowest BCUT2D eigenvalue weighted by Crippen LogP contribution is -2.34. The van der Waals surface area contributed by atoms with Crippen molar-refractivity contribution < 1.29 is 31.4 Å². The van der Waals surface area contributed by atoms with E-state index in [-0.39, 0.29) is 11.5 Å². The lowest BCUT2D eigenvalue weighted by molar-refractivity contribution is -0.214. The molecule has 3 aliphatic rings. The van der Waals surface area contributed by atoms with E-state index in [0.717, 1.165) is 18.1 Å². The van der Waals surface area contributed by atoms with Crippen LogP contribution in [0.2, 0.25) is 0 Å². The second-order valence-electron chi connectivity index (χ2n) is 10.6. The van der Waals surface area contributed by atoms with Gasteiger partial charge in [-0.2, -0.15) is 0 Å². The maximum absolute atomic E-state index is 15.1. The largest absolute Gasteiger partial charge is 0.348 e. The van der Waals surface area contributed by atoms with Crippen LogP contribution in [0.3, 0.4) is 0 Å². The Morgan fingerprint density at radius 2 is 1.28 bits per heavy atom. The van der Waals surface area contributed by atoms with Gasteiger partial charge in [0.1, 0.15) is 11.6 Å². The molecule has 0 N–H and O–H groups in total. The van der Waals surface area contributed by atoms with E-state index in [1.807, 2.05) is 0 Å². The molecule has 36 heavy (non-hydrogen) atoms. The van der Waals surface area contributed by atoms with Crippen molar-refractivity contribution in [3.8, 4) is 0 Å². The maximum Gasteiger partial charge on any atom is 0.194 e. The Labute approximate surface area is 208 Å². The van der Waals surface area contributed by atoms with Crippen LogP contribution in [0.15, 0.2) is 30.3 Å². The van der Waals surface area contributed by atoms with Crippen molar-refractivity contribution in [1.29, 1.82) is 0 Å². The fourth-order valence-corrected chi connectivity index (χ4v) is 5.95. The summed E-state index contributed by atoms with van der Waals surface area (Å²) in [5.74, 6) is -3.96. The second kappa shape index (κ2) is 10.6. The Bertz CT molecular complexity index is 1080. The molecule has 2 aliphatic carbocycles. The van der Waals surface area contributed by atoms with Crippen molar-refractivity contribution in [1.82, 2.24) is 0 Å². The summed E-state index contributed by atoms with van der Waals surface area (Å²) in [7, 11) is 0. The van der Waals surface area contributed by atoms with Gasteiger partial charge in [-0.1, -0.05) is 25.8 Å². The van der Waals surface area contributed by atoms with Crippen LogP contribution >= 0.6 is 0 Å². The van der Waals surface area contributed by atoms with Crippen molar-refractivity contribution in [2.45, 2.75) is 64.1 Å². The van der Waals surface area contributed by atoms with Gasteiger partial charge in [-0.05, 0) is 85.3 Å². The van der Waals surface area contributed by atoms with Crippen LogP contribution in [-0.2, 0) is 9.47 Å². The molecular formula is C29H31F5O2. The molecule has 1 saturated heterocycles. The first-order valence-corrected chi connectivity index (χ1v) is 12.9. The maximum atomic E-state index is 15.1. The van der Waals surface area contributed by atoms with E-state index in [4.69, 9.17) is 9.47 Å². The molecule has 1 atom stereocenters. The summed E-state index contributed by atoms with van der Waals surface area (Å²) < 4.78 is 82.5. The Morgan fingerprint density at radius 1 is 0.694 bits per heavy atom. The molecule has 1 heterocycles. The van der Waals surface area contributed by atoms with Crippen LogP contribution in [-0.4, -0.2) is 13.2 Å². The third-order valence-corrected chi connectivity index (χ3v) is 8.20. The summed E-state index contributed by atoms with van der Waals surface area (Å²) in [4.78, 5) is 0. The highest BCUT2D eigenvalue weighted by molar-refractivity contribution is 5.68. The minimum absolute atomic E-state index is 0.0984. The highest BCUT2D eigenvalue weighted by atomic mass is 19.2. The third kappa shape index (κ3) is 5.23. The van der Waals surface area contributed by atoms with Gasteiger partial charge < -0.3 is 9.47 Å². The van der Waals surface area contributed by atoms with Gasteiger partial charge >= 0.3 is 0 Å². The summed E-state index contributed by atoms with van der Waals surface area (Å²) in [6, 6.07) is 4.51. The molecule has 7 heteroatoms. The smallest absolute Gasteiger partial charge is 0.194 e. The standard InChI is InChI=1S/C29H31F5O2/c1-16-2-4-18(5-3-16)22-14-35-29(36-15-22)21-12-23(30)27(24(31)13-21)19-8-6-17(7-9-19)20-10-25(32)28(34)26(33)11-20/h8,10-13,16-18,22,29H,2-7,9,14-15H2,1H3. The monoisotopic (exact) mass is 506 g/mol. The van der Waals surface area contributed by atoms with Crippen LogP contribution in [0.25, 0.3) is 5.57 Å². The summed E-state index contributed by atoms with van der Waals surface area (Å²) in [5.41, 5.74) is 1.06. The highest BCUT2D eigenvalue weighted by Crippen LogP contribution is 2.40. The SMILES string of the molecule is CC1CCC(C2COC(c3cc(F)c(C4=CCC(c5cc(F)c(F)c(F)c5)CC4)c(F)c3)OC2)CC1. The quantitative estimate of drug-likeness (QED) is 0.307. The fraction of sp³-hybridized carbons (Fsp3) is 0.517. The Morgan fingerprint density at radius 3 is 1.83 bits per heavy atom. The Kier molecular flexibility index (Phi) is 7.49. The van der Waals surface area contributed by atoms with Gasteiger partial charge in [0.05, 0.1) is 13.2 Å². The van der Waals surface area contributed by atoms with Crippen LogP contribution in [0.5, 0.6) is 0 Å². The molecule has 0 spiro atoms. The first-order chi connectivity index (χ1) is 17.3. The second-order valence-corrected chi connectivity index (χ2v) is 10.6. The molecule has 0 aromatic heterocycles. The zero-order valence-electron chi connectivity index (χ0n) is 20.3. The van der Waals surface area contributed by atoms with Gasteiger partial charge in [-0.15, -0.1) is 0 Å². The van der Waals surface area contributed by atoms with E-state index in [1.165, 1.54) is 37.8 Å². The summed E-state index contributed by atoms with van der Waals surface area (Å²) in [5, 5.41) is 0. The van der Waals surface area contributed by atoms with Crippen molar-refractivity contribution in [2.24, 2.45) is 17.8 Å². The van der Waals surface area contributed by atoms with Gasteiger partial charge in [0.15, 0.2) is 23.7 Å². The van der Waals surface area contributed by atoms with Crippen molar-refractivity contribution >= 4 is 5.57 Å². The zero-order chi connectivity index (χ0) is 25.4. The molecule has 2 aromatic carbocycles. The Balaban J connectivity index is 1.25. The van der Waals surface area contributed by atoms with Crippen molar-refractivity contribution in [2.75, 3.05) is 13.2 Å². The zero-order valence-corrected chi connectivity index (χ0v) is 20.3. The predicted molar refractivity (Wildman–Crippen MR) is 127 cm³/mol. The number of allylic oxidation sites excluding steroid dienone is 2. The summed E-state index contributed by atoms with van der Waals surface area (Å²) in [6.45, 7) is 3.32. The van der Waals surface area contributed by atoms with E-state index < -0.39 is 35.4 Å². The van der Waals surface area contributed by atoms with E-state index in [1.54, 1.807) is 6.08 Å². The third-order valence-electron chi connectivity index (χ3n) is 8.20. The number of rotatable bonds is 4. The molecule has 0 bridgehead atoms. The lowest BCUT2D eigenvalue weighted by Gasteiger charge is -2.37. The van der Waals surface area contributed by atoms with Crippen LogP contribution < -0.4 is 0 Å². The topological polar surface area (TPSA) is 18.5 Å². The normalized spacial score (nSPS) is 29.2. The number of ether oxygens (including phenoxy) is 2.